The summed E-state index contributed by atoms with van der Waals surface area (Å²) < 4.78 is 45.1. The fraction of sp³-hybridized carbons (Fsp3) is 0.267. The minimum absolute atomic E-state index is 0.203. The van der Waals surface area contributed by atoms with Gasteiger partial charge in [-0.2, -0.15) is 0 Å². The summed E-state index contributed by atoms with van der Waals surface area (Å²) in [4.78, 5) is 13.1. The highest BCUT2D eigenvalue weighted by Gasteiger charge is 2.58. The number of allylic oxidation sites excluding steroid dienone is 4. The predicted octanol–water partition coefficient (Wildman–Crippen LogP) is 9.21. The van der Waals surface area contributed by atoms with E-state index in [0.717, 1.165) is 47.0 Å². The van der Waals surface area contributed by atoms with E-state index >= 15 is 0 Å². The molecular weight excluding hydrogens is 704 g/mol. The first-order chi connectivity index (χ1) is 26.6. The van der Waals surface area contributed by atoms with Crippen LogP contribution < -0.4 is 0 Å². The largest absolute Gasteiger partial charge is 0.466 e. The number of hydrogen-bond donors (Lipinski definition) is 0. The van der Waals surface area contributed by atoms with E-state index in [0.29, 0.717) is 16.3 Å². The maximum atomic E-state index is 13.1. The maximum Gasteiger partial charge on any atom is 0.225 e. The first-order valence-electron chi connectivity index (χ1n) is 18.1. The van der Waals surface area contributed by atoms with Crippen LogP contribution in [-0.4, -0.2) is 37.8 Å². The topological polar surface area (TPSA) is 81.7 Å². The lowest BCUT2D eigenvalue weighted by Crippen LogP contribution is -2.65. The van der Waals surface area contributed by atoms with Crippen molar-refractivity contribution in [3.8, 4) is 0 Å². The minimum Gasteiger partial charge on any atom is -0.466 e. The third-order valence-electron chi connectivity index (χ3n) is 9.85. The molecule has 2 heterocycles. The van der Waals surface area contributed by atoms with Crippen molar-refractivity contribution in [3.05, 3.63) is 190 Å². The molecule has 7 rings (SSSR count). The summed E-state index contributed by atoms with van der Waals surface area (Å²) >= 11 is 7.06. The van der Waals surface area contributed by atoms with E-state index in [9.17, 15) is 4.79 Å². The van der Waals surface area contributed by atoms with Gasteiger partial charge in [0.2, 0.25) is 5.79 Å². The van der Waals surface area contributed by atoms with E-state index in [1.165, 1.54) is 12.5 Å². The Morgan fingerprint density at radius 2 is 1.44 bits per heavy atom. The molecule has 278 valence electrons. The monoisotopic (exact) mass is 746 g/mol. The summed E-state index contributed by atoms with van der Waals surface area (Å²) in [6.45, 7) is 0.647. The zero-order valence-electron chi connectivity index (χ0n) is 30.0. The zero-order chi connectivity index (χ0) is 37.2. The molecule has 0 spiro atoms. The van der Waals surface area contributed by atoms with Gasteiger partial charge in [-0.15, -0.1) is 0 Å². The van der Waals surface area contributed by atoms with Gasteiger partial charge in [-0.1, -0.05) is 132 Å². The summed E-state index contributed by atoms with van der Waals surface area (Å²) in [5.41, 5.74) is 5.24. The van der Waals surface area contributed by atoms with E-state index < -0.39 is 30.2 Å². The second-order valence-corrected chi connectivity index (χ2v) is 13.7. The summed E-state index contributed by atoms with van der Waals surface area (Å²) in [7, 11) is 1.55. The minimum atomic E-state index is -1.66. The van der Waals surface area contributed by atoms with Crippen LogP contribution in [0.5, 0.6) is 0 Å². The predicted molar refractivity (Wildman–Crippen MR) is 205 cm³/mol. The molecule has 0 N–H and O–H groups in total. The molecule has 2 unspecified atom stereocenters. The smallest absolute Gasteiger partial charge is 0.225 e. The van der Waals surface area contributed by atoms with Crippen LogP contribution in [0.4, 0.5) is 0 Å². The molecule has 8 nitrogen and oxygen atoms in total. The lowest BCUT2D eigenvalue weighted by Gasteiger charge is -2.51. The van der Waals surface area contributed by atoms with E-state index in [2.05, 4.69) is 12.2 Å². The number of carbonyl (C=O) groups excluding carboxylic acids is 1. The standard InChI is InChI=1S/C45H43ClO8/c1-48-45(36-22-23-38(46)37(26-36)41(35-20-12-5-13-21-35)40-31-49-24-25-50-40)44(53-30-34-18-10-4-11-19-34)43(52-29-33-16-8-3-9-17-33)42(39(27-47)54-45)51-28-32-14-6-2-7-15-32/h2-12,14-20,22-27,31,39,41-44H,13,21,28-30H2,1H3/t39-,41?,42-,43+,44-,45?/m1/s1. The highest BCUT2D eigenvalue weighted by molar-refractivity contribution is 6.31. The lowest BCUT2D eigenvalue weighted by molar-refractivity contribution is -0.373. The molecule has 1 fully saturated rings. The lowest BCUT2D eigenvalue weighted by atomic mass is 9.82. The number of carbonyl (C=O) groups is 1. The van der Waals surface area contributed by atoms with E-state index in [-0.39, 0.29) is 25.7 Å². The van der Waals surface area contributed by atoms with Gasteiger partial charge in [0.25, 0.3) is 0 Å². The third-order valence-corrected chi connectivity index (χ3v) is 10.2. The van der Waals surface area contributed by atoms with Crippen molar-refractivity contribution >= 4 is 17.9 Å². The van der Waals surface area contributed by atoms with Crippen molar-refractivity contribution in [2.45, 2.75) is 68.8 Å². The highest BCUT2D eigenvalue weighted by Crippen LogP contribution is 2.47. The molecule has 9 heteroatoms. The van der Waals surface area contributed by atoms with Gasteiger partial charge in [0.05, 0.1) is 25.7 Å². The number of methoxy groups -OCH3 is 1. The molecule has 1 aliphatic carbocycles. The number of benzene rings is 4. The molecule has 1 saturated heterocycles. The molecule has 0 bridgehead atoms. The average molecular weight is 747 g/mol. The maximum absolute atomic E-state index is 13.1. The van der Waals surface area contributed by atoms with Crippen molar-refractivity contribution in [1.82, 2.24) is 0 Å². The molecule has 4 aromatic rings. The van der Waals surface area contributed by atoms with Crippen LogP contribution in [0.2, 0.25) is 5.02 Å². The first-order valence-corrected chi connectivity index (χ1v) is 18.4. The van der Waals surface area contributed by atoms with Crippen LogP contribution in [0, 0.1) is 0 Å². The van der Waals surface area contributed by atoms with E-state index in [1.807, 2.05) is 115 Å². The Bertz CT molecular complexity index is 1960. The number of rotatable bonds is 15. The van der Waals surface area contributed by atoms with Crippen molar-refractivity contribution in [2.24, 2.45) is 0 Å². The van der Waals surface area contributed by atoms with Gasteiger partial charge in [-0.25, -0.2) is 0 Å². The molecule has 3 aliphatic rings. The van der Waals surface area contributed by atoms with Crippen molar-refractivity contribution in [3.63, 3.8) is 0 Å². The Balaban J connectivity index is 1.34. The molecule has 0 aromatic heterocycles. The Morgan fingerprint density at radius 1 is 0.815 bits per heavy atom. The normalized spacial score (nSPS) is 24.1. The van der Waals surface area contributed by atoms with Crippen LogP contribution in [-0.2, 0) is 63.6 Å². The molecular formula is C45H43ClO8. The number of halogens is 1. The molecule has 0 amide bonds. The van der Waals surface area contributed by atoms with Crippen LogP contribution >= 0.6 is 11.6 Å². The number of ether oxygens (including phenoxy) is 7. The van der Waals surface area contributed by atoms with Gasteiger partial charge in [0, 0.05) is 17.7 Å². The van der Waals surface area contributed by atoms with Crippen LogP contribution in [0.1, 0.15) is 46.6 Å². The summed E-state index contributed by atoms with van der Waals surface area (Å²) in [6, 6.07) is 35.1. The fourth-order valence-corrected chi connectivity index (χ4v) is 7.42. The Morgan fingerprint density at radius 3 is 2.00 bits per heavy atom. The second-order valence-electron chi connectivity index (χ2n) is 13.3. The van der Waals surface area contributed by atoms with Crippen LogP contribution in [0.25, 0.3) is 0 Å². The van der Waals surface area contributed by atoms with Gasteiger partial charge in [0.1, 0.15) is 49.0 Å². The molecule has 0 saturated carbocycles. The SMILES string of the molecule is COC1(c2ccc(Cl)c(C(C3=CC=CCC3)C3=COC=CO3)c2)O[C@H](C=O)[C@@H](OCc2ccccc2)[C@H](OCc2ccccc2)[C@H]1OCc1ccccc1. The zero-order valence-corrected chi connectivity index (χ0v) is 30.8. The van der Waals surface area contributed by atoms with Gasteiger partial charge in [-0.05, 0) is 47.2 Å². The second kappa shape index (κ2) is 18.0. The van der Waals surface area contributed by atoms with Crippen molar-refractivity contribution in [2.75, 3.05) is 7.11 Å². The molecule has 6 atom stereocenters. The molecule has 54 heavy (non-hydrogen) atoms. The summed E-state index contributed by atoms with van der Waals surface area (Å²) in [5.74, 6) is -1.46. The molecule has 0 radical (unpaired) electrons. The third kappa shape index (κ3) is 8.45. The highest BCUT2D eigenvalue weighted by atomic mass is 35.5. The molecule has 2 aliphatic heterocycles. The Labute approximate surface area is 321 Å². The van der Waals surface area contributed by atoms with Crippen molar-refractivity contribution in [1.29, 1.82) is 0 Å². The van der Waals surface area contributed by atoms with Crippen LogP contribution in [0.15, 0.2) is 158 Å². The van der Waals surface area contributed by atoms with Crippen LogP contribution in [0.3, 0.4) is 0 Å². The van der Waals surface area contributed by atoms with Gasteiger partial charge in [-0.3, -0.25) is 0 Å². The van der Waals surface area contributed by atoms with Gasteiger partial charge >= 0.3 is 0 Å². The number of hydrogen-bond acceptors (Lipinski definition) is 8. The fourth-order valence-electron chi connectivity index (χ4n) is 7.19. The van der Waals surface area contributed by atoms with E-state index in [4.69, 9.17) is 44.8 Å². The first kappa shape index (κ1) is 37.5. The Kier molecular flexibility index (Phi) is 12.5. The van der Waals surface area contributed by atoms with Gasteiger partial charge in [0.15, 0.2) is 6.29 Å². The molecule has 4 aromatic carbocycles. The van der Waals surface area contributed by atoms with E-state index in [1.54, 1.807) is 13.4 Å². The Hall–Kier alpha value is -4.80. The van der Waals surface area contributed by atoms with Gasteiger partial charge < -0.3 is 38.0 Å². The number of aldehydes is 1. The average Bonchev–Trinajstić information content (AvgIpc) is 3.24. The van der Waals surface area contributed by atoms with Crippen molar-refractivity contribution < 1.29 is 38.0 Å². The summed E-state index contributed by atoms with van der Waals surface area (Å²) in [5, 5.41) is 0.509. The summed E-state index contributed by atoms with van der Waals surface area (Å²) in [6.07, 6.45) is 9.49. The quantitative estimate of drug-likeness (QED) is 0.111.